The molecule has 1 saturated heterocycles. The average molecular weight is 1650 g/mol. The number of halogens is 1. The molecule has 10 atom stereocenters. The van der Waals surface area contributed by atoms with Crippen molar-refractivity contribution in [2.24, 2.45) is 17.4 Å². The molecule has 0 saturated carbocycles. The number of nitrogen functional groups attached to an aromatic ring is 1. The lowest BCUT2D eigenvalue weighted by Crippen LogP contribution is -2.62. The van der Waals surface area contributed by atoms with Crippen LogP contribution in [-0.4, -0.2) is 207 Å². The van der Waals surface area contributed by atoms with E-state index in [1.807, 2.05) is 56.3 Å². The number of carbonyl (C=O) groups is 13. The van der Waals surface area contributed by atoms with Crippen molar-refractivity contribution >= 4 is 111 Å². The van der Waals surface area contributed by atoms with Crippen molar-refractivity contribution in [3.05, 3.63) is 173 Å². The van der Waals surface area contributed by atoms with Crippen molar-refractivity contribution in [3.8, 4) is 5.75 Å². The first-order chi connectivity index (χ1) is 56.2. The standard InChI is InChI=1S/C85H112ClN17O15/c1-50(2)42-66(78(111)97-65(20-11-12-39-91-51(3)4)85(118)103-41-15-21-71(103)82(115)93-52(5)76(89)109)98-77(110)64(19-10-13-40-92-73(107)36-37-74(108)95-62-32-28-59(29-33-62)75(87)88)96-83(116)72(47-55-25-34-63(106)35-26-55)102(7)84(117)70(49-104)101-81(114)69(46-57-16-14-38-90-48-57)100-80(113)68(44-54-23-30-61(86)31-24-54)99-79(112)67(94-53(6)105)45-56-22-27-58-17-8-9-18-60(58)43-56/h8-9,14,16-18,22-35,38,43,48,50-52,64-72,91,104,106H,10-13,15,19-21,36-37,39-42,44-47,49H2,1-7H3,(H3,87,88)(H2,89,109)(H,92,107)(H,93,115)(H,94,105)(H,95,108)(H,96,116)(H,97,111)(H,98,110)(H,99,112)(H,100,113)(H,101,114). The number of amides is 13. The van der Waals surface area contributed by atoms with Gasteiger partial charge in [-0.05, 0) is 165 Å². The number of phenolic OH excluding ortho intramolecular Hbond substituents is 1. The molecule has 1 aromatic heterocycles. The fourth-order valence-electron chi connectivity index (χ4n) is 13.5. The van der Waals surface area contributed by atoms with Crippen LogP contribution in [0.4, 0.5) is 5.69 Å². The van der Waals surface area contributed by atoms with Gasteiger partial charge >= 0.3 is 0 Å². The van der Waals surface area contributed by atoms with E-state index < -0.39 is 144 Å². The van der Waals surface area contributed by atoms with Gasteiger partial charge < -0.3 is 90.0 Å². The smallest absolute Gasteiger partial charge is 0.247 e. The molecule has 7 rings (SSSR count). The Morgan fingerprint density at radius 2 is 1.12 bits per heavy atom. The Hall–Kier alpha value is -11.9. The Bertz CT molecular complexity index is 4440. The summed E-state index contributed by atoms with van der Waals surface area (Å²) in [6.45, 7) is 9.94. The highest BCUT2D eigenvalue weighted by atomic mass is 35.5. The molecule has 6 aromatic rings. The number of fused-ring (bicyclic) bond motifs is 1. The van der Waals surface area contributed by atoms with Gasteiger partial charge in [-0.1, -0.05) is 112 Å². The van der Waals surface area contributed by atoms with Crippen molar-refractivity contribution in [1.82, 2.24) is 68.0 Å². The Morgan fingerprint density at radius 1 is 0.576 bits per heavy atom. The van der Waals surface area contributed by atoms with Crippen molar-refractivity contribution in [2.45, 2.75) is 204 Å². The Kier molecular flexibility index (Phi) is 36.9. The molecule has 0 radical (unpaired) electrons. The number of aromatic hydroxyl groups is 1. The number of likely N-dealkylation sites (N-methyl/N-ethyl adjacent to an activating group) is 1. The number of aromatic nitrogens is 1. The molecule has 0 aliphatic carbocycles. The third-order valence-corrected chi connectivity index (χ3v) is 20.2. The van der Waals surface area contributed by atoms with E-state index >= 15 is 19.2 Å². The number of primary amides is 1. The van der Waals surface area contributed by atoms with Crippen LogP contribution in [-0.2, 0) is 88.0 Å². The molecule has 33 heteroatoms. The number of nitrogens with zero attached hydrogens (tertiary/aromatic N) is 3. The number of carbonyl (C=O) groups excluding carboxylic acids is 13. The summed E-state index contributed by atoms with van der Waals surface area (Å²) in [6, 6.07) is 21.2. The number of hydrogen-bond acceptors (Lipinski definition) is 18. The highest BCUT2D eigenvalue weighted by Gasteiger charge is 2.41. The molecule has 1 aliphatic heterocycles. The minimum absolute atomic E-state index is 0.00337. The molecule has 118 heavy (non-hydrogen) atoms. The minimum atomic E-state index is -1.85. The number of nitrogens with one attached hydrogen (secondary N) is 12. The fourth-order valence-corrected chi connectivity index (χ4v) is 13.6. The number of unbranched alkanes of at least 4 members (excludes halogenated alkanes) is 2. The monoisotopic (exact) mass is 1650 g/mol. The fraction of sp³-hybridized carbons (Fsp3) is 0.447. The van der Waals surface area contributed by atoms with Gasteiger partial charge in [-0.25, -0.2) is 0 Å². The SMILES string of the molecule is CC(=O)NC(Cc1ccc2ccccc2c1)C(=O)NC(Cc1ccc(Cl)cc1)C(=O)NC(Cc1cccnc1)C(=O)NC(CO)C(=O)N(C)C(Cc1ccc(O)cc1)C(=O)NC(CCCCNC(=O)CCC(=O)Nc1ccc(C(=N)N)cc1)C(=O)NC(CC(C)C)C(=O)NC(CCCCNC(C)C)C(=O)N1CCCC1C(=O)NC(C)C(N)=O. The molecule has 13 amide bonds. The van der Waals surface area contributed by atoms with E-state index in [4.69, 9.17) is 28.5 Å². The maximum Gasteiger partial charge on any atom is 0.247 e. The molecule has 18 N–H and O–H groups in total. The van der Waals surface area contributed by atoms with Gasteiger partial charge in [0.05, 0.1) is 6.61 Å². The number of likely N-dealkylation sites (tertiary alicyclic amines) is 1. The predicted molar refractivity (Wildman–Crippen MR) is 446 cm³/mol. The Balaban J connectivity index is 1.16. The summed E-state index contributed by atoms with van der Waals surface area (Å²) < 4.78 is 0. The molecular formula is C85H112ClN17O15. The third kappa shape index (κ3) is 30.3. The van der Waals surface area contributed by atoms with Gasteiger partial charge in [0.2, 0.25) is 76.8 Å². The van der Waals surface area contributed by atoms with Crippen LogP contribution >= 0.6 is 11.6 Å². The molecule has 1 aliphatic rings. The van der Waals surface area contributed by atoms with Crippen LogP contribution in [0.2, 0.25) is 5.02 Å². The number of phenols is 1. The zero-order chi connectivity index (χ0) is 86.1. The second kappa shape index (κ2) is 46.7. The number of aliphatic hydroxyl groups excluding tert-OH is 1. The number of hydrogen-bond donors (Lipinski definition) is 16. The lowest BCUT2D eigenvalue weighted by atomic mass is 9.99. The van der Waals surface area contributed by atoms with Crippen LogP contribution in [0.25, 0.3) is 10.8 Å². The molecule has 32 nitrogen and oxygen atoms in total. The van der Waals surface area contributed by atoms with Gasteiger partial charge in [-0.2, -0.15) is 0 Å². The molecule has 1 fully saturated rings. The average Bonchev–Trinajstić information content (AvgIpc) is 1.74. The number of pyridine rings is 1. The van der Waals surface area contributed by atoms with Crippen LogP contribution in [0.3, 0.4) is 0 Å². The number of aliphatic hydroxyl groups is 1. The van der Waals surface area contributed by atoms with Crippen LogP contribution in [0, 0.1) is 11.3 Å². The maximum atomic E-state index is 15.4. The van der Waals surface area contributed by atoms with E-state index in [0.29, 0.717) is 64.3 Å². The molecule has 0 bridgehead atoms. The quantitative estimate of drug-likeness (QED) is 0.0148. The Morgan fingerprint density at radius 3 is 1.73 bits per heavy atom. The van der Waals surface area contributed by atoms with Crippen molar-refractivity contribution in [1.29, 1.82) is 5.41 Å². The zero-order valence-corrected chi connectivity index (χ0v) is 68.5. The summed E-state index contributed by atoms with van der Waals surface area (Å²) >= 11 is 6.27. The number of amidine groups is 1. The second-order valence-corrected chi connectivity index (χ2v) is 30.8. The van der Waals surface area contributed by atoms with Gasteiger partial charge in [0, 0.05) is 100 Å². The van der Waals surface area contributed by atoms with Crippen LogP contribution in [0.1, 0.15) is 140 Å². The van der Waals surface area contributed by atoms with E-state index in [0.717, 1.165) is 15.7 Å². The first-order valence-electron chi connectivity index (χ1n) is 39.8. The van der Waals surface area contributed by atoms with E-state index in [1.165, 1.54) is 62.5 Å². The van der Waals surface area contributed by atoms with Gasteiger partial charge in [0.15, 0.2) is 0 Å². The van der Waals surface area contributed by atoms with Crippen LogP contribution in [0.5, 0.6) is 5.75 Å². The summed E-state index contributed by atoms with van der Waals surface area (Å²) in [5.41, 5.74) is 13.9. The topological polar surface area (TPSA) is 490 Å². The summed E-state index contributed by atoms with van der Waals surface area (Å²) in [4.78, 5) is 191. The van der Waals surface area contributed by atoms with Crippen molar-refractivity contribution < 1.29 is 72.5 Å². The van der Waals surface area contributed by atoms with Crippen LogP contribution in [0.15, 0.2) is 140 Å². The first-order valence-corrected chi connectivity index (χ1v) is 40.1. The first kappa shape index (κ1) is 93.3. The summed E-state index contributed by atoms with van der Waals surface area (Å²) in [7, 11) is 1.23. The lowest BCUT2D eigenvalue weighted by Gasteiger charge is -2.33. The molecule has 10 unspecified atom stereocenters. The predicted octanol–water partition coefficient (Wildman–Crippen LogP) is 3.28. The highest BCUT2D eigenvalue weighted by Crippen LogP contribution is 2.24. The van der Waals surface area contributed by atoms with Gasteiger partial charge in [-0.15, -0.1) is 0 Å². The number of benzene rings is 5. The maximum absolute atomic E-state index is 15.4. The normalized spacial score (nSPS) is 14.8. The van der Waals surface area contributed by atoms with E-state index in [1.54, 1.807) is 74.5 Å². The molecular weight excluding hydrogens is 1530 g/mol. The lowest BCUT2D eigenvalue weighted by molar-refractivity contribution is -0.144. The van der Waals surface area contributed by atoms with Gasteiger partial charge in [-0.3, -0.25) is 72.7 Å². The molecule has 0 spiro atoms. The number of anilines is 1. The van der Waals surface area contributed by atoms with E-state index in [2.05, 4.69) is 63.5 Å². The van der Waals surface area contributed by atoms with E-state index in [-0.39, 0.29) is 114 Å². The number of nitrogens with two attached hydrogens (primary N) is 2. The summed E-state index contributed by atoms with van der Waals surface area (Å²) in [5.74, 6) is -10.3. The van der Waals surface area contributed by atoms with Crippen molar-refractivity contribution in [2.75, 3.05) is 38.6 Å². The molecule has 5 aromatic carbocycles. The number of rotatable bonds is 46. The highest BCUT2D eigenvalue weighted by molar-refractivity contribution is 6.30. The second-order valence-electron chi connectivity index (χ2n) is 30.4. The summed E-state index contributed by atoms with van der Waals surface area (Å²) in [5, 5.41) is 62.1. The largest absolute Gasteiger partial charge is 0.508 e. The van der Waals surface area contributed by atoms with Gasteiger partial charge in [0.1, 0.15) is 72.0 Å². The summed E-state index contributed by atoms with van der Waals surface area (Å²) in [6.07, 6.45) is 3.83. The third-order valence-electron chi connectivity index (χ3n) is 20.0. The van der Waals surface area contributed by atoms with Crippen LogP contribution < -0.4 is 70.0 Å². The van der Waals surface area contributed by atoms with E-state index in [9.17, 15) is 53.4 Å². The minimum Gasteiger partial charge on any atom is -0.508 e. The van der Waals surface area contributed by atoms with Crippen molar-refractivity contribution in [3.63, 3.8) is 0 Å². The van der Waals surface area contributed by atoms with Gasteiger partial charge in [0.25, 0.3) is 0 Å². The molecule has 634 valence electrons. The zero-order valence-electron chi connectivity index (χ0n) is 67.7. The Labute approximate surface area is 691 Å². The molecule has 2 heterocycles.